The summed E-state index contributed by atoms with van der Waals surface area (Å²) in [5, 5.41) is 3.92. The zero-order valence-corrected chi connectivity index (χ0v) is 9.57. The summed E-state index contributed by atoms with van der Waals surface area (Å²) in [6.45, 7) is 0. The fourth-order valence-electron chi connectivity index (χ4n) is 1.49. The molecule has 1 rings (SSSR count). The second-order valence-corrected chi connectivity index (χ2v) is 4.49. The number of alkyl halides is 3. The number of thiophene rings is 1. The molecule has 2 nitrogen and oxygen atoms in total. The average molecular weight is 252 g/mol. The summed E-state index contributed by atoms with van der Waals surface area (Å²) in [6, 6.07) is 1.87. The van der Waals surface area contributed by atoms with Crippen molar-refractivity contribution in [3.8, 4) is 0 Å². The van der Waals surface area contributed by atoms with Gasteiger partial charge in [-0.3, -0.25) is 11.3 Å². The van der Waals surface area contributed by atoms with Crippen molar-refractivity contribution in [2.75, 3.05) is 0 Å². The first kappa shape index (κ1) is 13.5. The summed E-state index contributed by atoms with van der Waals surface area (Å²) < 4.78 is 35.8. The van der Waals surface area contributed by atoms with E-state index < -0.39 is 12.6 Å². The van der Waals surface area contributed by atoms with Gasteiger partial charge < -0.3 is 0 Å². The summed E-state index contributed by atoms with van der Waals surface area (Å²) >= 11 is 1.57. The molecule has 0 saturated carbocycles. The van der Waals surface area contributed by atoms with Gasteiger partial charge >= 0.3 is 6.18 Å². The van der Waals surface area contributed by atoms with Gasteiger partial charge in [-0.05, 0) is 41.7 Å². The third kappa shape index (κ3) is 5.48. The van der Waals surface area contributed by atoms with E-state index in [0.29, 0.717) is 12.8 Å². The van der Waals surface area contributed by atoms with E-state index in [4.69, 9.17) is 5.84 Å². The molecule has 1 heterocycles. The highest BCUT2D eigenvalue weighted by Crippen LogP contribution is 2.23. The van der Waals surface area contributed by atoms with Gasteiger partial charge in [0.2, 0.25) is 0 Å². The maximum atomic E-state index is 11.9. The molecule has 0 saturated heterocycles. The number of nitrogens with two attached hydrogens (primary N) is 1. The second-order valence-electron chi connectivity index (χ2n) is 3.71. The molecule has 0 fully saturated rings. The van der Waals surface area contributed by atoms with E-state index in [2.05, 4.69) is 5.43 Å². The van der Waals surface area contributed by atoms with Crippen LogP contribution in [0.2, 0.25) is 0 Å². The van der Waals surface area contributed by atoms with Crippen molar-refractivity contribution >= 4 is 11.3 Å². The minimum atomic E-state index is -4.07. The Morgan fingerprint density at radius 3 is 2.69 bits per heavy atom. The van der Waals surface area contributed by atoms with Gasteiger partial charge in [0.1, 0.15) is 0 Å². The van der Waals surface area contributed by atoms with Crippen molar-refractivity contribution in [3.63, 3.8) is 0 Å². The molecule has 1 aromatic heterocycles. The van der Waals surface area contributed by atoms with Crippen molar-refractivity contribution in [2.24, 2.45) is 5.84 Å². The van der Waals surface area contributed by atoms with Crippen LogP contribution in [0.3, 0.4) is 0 Å². The van der Waals surface area contributed by atoms with Crippen LogP contribution in [-0.4, -0.2) is 12.2 Å². The van der Waals surface area contributed by atoms with Crippen LogP contribution < -0.4 is 11.3 Å². The molecular weight excluding hydrogens is 237 g/mol. The molecule has 0 spiro atoms. The quantitative estimate of drug-likeness (QED) is 0.603. The van der Waals surface area contributed by atoms with Gasteiger partial charge in [-0.15, -0.1) is 0 Å². The summed E-state index contributed by atoms with van der Waals surface area (Å²) in [5.41, 5.74) is 3.67. The van der Waals surface area contributed by atoms with Crippen LogP contribution in [0.5, 0.6) is 0 Å². The number of hydrogen-bond donors (Lipinski definition) is 2. The van der Waals surface area contributed by atoms with Crippen molar-refractivity contribution in [1.29, 1.82) is 0 Å². The number of hydrazine groups is 1. The summed E-state index contributed by atoms with van der Waals surface area (Å²) in [5.74, 6) is 5.31. The van der Waals surface area contributed by atoms with Gasteiger partial charge in [0.05, 0.1) is 0 Å². The molecule has 0 radical (unpaired) electrons. The second kappa shape index (κ2) is 6.22. The molecule has 16 heavy (non-hydrogen) atoms. The monoisotopic (exact) mass is 252 g/mol. The average Bonchev–Trinajstić information content (AvgIpc) is 2.67. The van der Waals surface area contributed by atoms with Gasteiger partial charge in [-0.25, -0.2) is 0 Å². The van der Waals surface area contributed by atoms with E-state index in [1.165, 1.54) is 0 Å². The molecular formula is C10H15F3N2S. The van der Waals surface area contributed by atoms with Gasteiger partial charge in [0.25, 0.3) is 0 Å². The lowest BCUT2D eigenvalue weighted by Crippen LogP contribution is -2.36. The largest absolute Gasteiger partial charge is 0.389 e. The Balaban J connectivity index is 2.27. The lowest BCUT2D eigenvalue weighted by atomic mass is 10.0. The van der Waals surface area contributed by atoms with Crippen LogP contribution >= 0.6 is 11.3 Å². The van der Waals surface area contributed by atoms with Crippen LogP contribution in [0.15, 0.2) is 16.8 Å². The summed E-state index contributed by atoms with van der Waals surface area (Å²) in [6.07, 6.45) is -3.58. The normalized spacial score (nSPS) is 14.0. The first-order chi connectivity index (χ1) is 7.51. The van der Waals surface area contributed by atoms with Crippen molar-refractivity contribution in [2.45, 2.75) is 37.9 Å². The van der Waals surface area contributed by atoms with E-state index in [1.54, 1.807) is 11.3 Å². The molecule has 1 aromatic rings. The van der Waals surface area contributed by atoms with E-state index >= 15 is 0 Å². The predicted molar refractivity (Wildman–Crippen MR) is 59.0 cm³/mol. The molecule has 0 aliphatic carbocycles. The van der Waals surface area contributed by atoms with E-state index in [9.17, 15) is 13.2 Å². The zero-order valence-electron chi connectivity index (χ0n) is 8.76. The van der Waals surface area contributed by atoms with Gasteiger partial charge in [-0.1, -0.05) is 0 Å². The smallest absolute Gasteiger partial charge is 0.271 e. The third-order valence-electron chi connectivity index (χ3n) is 2.31. The predicted octanol–water partition coefficient (Wildman–Crippen LogP) is 2.86. The SMILES string of the molecule is NNC(CCCC(F)(F)F)Cc1ccsc1. The minimum Gasteiger partial charge on any atom is -0.271 e. The van der Waals surface area contributed by atoms with E-state index in [0.717, 1.165) is 5.56 Å². The fourth-order valence-corrected chi connectivity index (χ4v) is 2.17. The zero-order chi connectivity index (χ0) is 12.0. The highest BCUT2D eigenvalue weighted by Gasteiger charge is 2.26. The minimum absolute atomic E-state index is 0.0862. The topological polar surface area (TPSA) is 38.0 Å². The van der Waals surface area contributed by atoms with Gasteiger partial charge in [0, 0.05) is 12.5 Å². The Bertz CT molecular complexity index is 285. The molecule has 1 unspecified atom stereocenters. The van der Waals surface area contributed by atoms with Gasteiger partial charge in [0.15, 0.2) is 0 Å². The van der Waals surface area contributed by atoms with Crippen LogP contribution in [0.1, 0.15) is 24.8 Å². The Hall–Kier alpha value is -0.590. The Kier molecular flexibility index (Phi) is 5.24. The highest BCUT2D eigenvalue weighted by molar-refractivity contribution is 7.07. The molecule has 92 valence electrons. The van der Waals surface area contributed by atoms with E-state index in [1.807, 2.05) is 16.8 Å². The number of nitrogens with one attached hydrogen (secondary N) is 1. The molecule has 0 aromatic carbocycles. The van der Waals surface area contributed by atoms with Gasteiger partial charge in [-0.2, -0.15) is 24.5 Å². The van der Waals surface area contributed by atoms with Crippen LogP contribution in [0.4, 0.5) is 13.2 Å². The molecule has 3 N–H and O–H groups in total. The summed E-state index contributed by atoms with van der Waals surface area (Å²) in [7, 11) is 0. The van der Waals surface area contributed by atoms with Crippen LogP contribution in [0, 0.1) is 0 Å². The standard InChI is InChI=1S/C10H15F3N2S/c11-10(12,13)4-1-2-9(15-14)6-8-3-5-16-7-8/h3,5,7,9,15H,1-2,4,6,14H2. The Labute approximate surface area is 96.6 Å². The molecule has 6 heteroatoms. The van der Waals surface area contributed by atoms with Crippen molar-refractivity contribution in [3.05, 3.63) is 22.4 Å². The van der Waals surface area contributed by atoms with Crippen LogP contribution in [-0.2, 0) is 6.42 Å². The number of halogens is 3. The molecule has 0 aliphatic heterocycles. The lowest BCUT2D eigenvalue weighted by Gasteiger charge is -2.15. The lowest BCUT2D eigenvalue weighted by molar-refractivity contribution is -0.135. The fraction of sp³-hybridized carbons (Fsp3) is 0.600. The molecule has 0 amide bonds. The van der Waals surface area contributed by atoms with Crippen LogP contribution in [0.25, 0.3) is 0 Å². The first-order valence-electron chi connectivity index (χ1n) is 5.05. The Morgan fingerprint density at radius 2 is 2.19 bits per heavy atom. The third-order valence-corrected chi connectivity index (χ3v) is 3.04. The molecule has 0 aliphatic rings. The van der Waals surface area contributed by atoms with Crippen molar-refractivity contribution in [1.82, 2.24) is 5.43 Å². The Morgan fingerprint density at radius 1 is 1.44 bits per heavy atom. The molecule has 1 atom stereocenters. The van der Waals surface area contributed by atoms with Crippen molar-refractivity contribution < 1.29 is 13.2 Å². The van der Waals surface area contributed by atoms with E-state index in [-0.39, 0.29) is 12.5 Å². The summed E-state index contributed by atoms with van der Waals surface area (Å²) in [4.78, 5) is 0. The maximum absolute atomic E-state index is 11.9. The maximum Gasteiger partial charge on any atom is 0.389 e. The highest BCUT2D eigenvalue weighted by atomic mass is 32.1. The first-order valence-corrected chi connectivity index (χ1v) is 5.99. The molecule has 0 bridgehead atoms. The number of rotatable bonds is 6. The number of hydrogen-bond acceptors (Lipinski definition) is 3.